The predicted octanol–water partition coefficient (Wildman–Crippen LogP) is 1.70. The van der Waals surface area contributed by atoms with Gasteiger partial charge in [0.1, 0.15) is 12.4 Å². The molecule has 2 atom stereocenters. The molecule has 1 aliphatic heterocycles. The van der Waals surface area contributed by atoms with Crippen LogP contribution in [0.1, 0.15) is 33.0 Å². The first kappa shape index (κ1) is 17.7. The average molecular weight is 321 g/mol. The highest BCUT2D eigenvalue weighted by atomic mass is 16.5. The van der Waals surface area contributed by atoms with Crippen LogP contribution in [0.25, 0.3) is 0 Å². The number of rotatable bonds is 7. The van der Waals surface area contributed by atoms with Crippen LogP contribution in [0.5, 0.6) is 0 Å². The minimum atomic E-state index is -0.101. The number of carbonyl (C=O) groups is 1. The fraction of sp³-hybridized carbons (Fsp3) is 0.647. The Morgan fingerprint density at radius 3 is 3.13 bits per heavy atom. The van der Waals surface area contributed by atoms with Crippen molar-refractivity contribution < 1.29 is 14.3 Å². The Morgan fingerprint density at radius 1 is 1.57 bits per heavy atom. The largest absolute Gasteiger partial charge is 0.379 e. The zero-order valence-electron chi connectivity index (χ0n) is 14.2. The van der Waals surface area contributed by atoms with Crippen LogP contribution in [0.15, 0.2) is 24.0 Å². The zero-order valence-corrected chi connectivity index (χ0v) is 14.2. The quantitative estimate of drug-likeness (QED) is 0.776. The van der Waals surface area contributed by atoms with E-state index >= 15 is 0 Å². The van der Waals surface area contributed by atoms with Gasteiger partial charge in [0.05, 0.1) is 25.4 Å². The molecule has 0 unspecified atom stereocenters. The lowest BCUT2D eigenvalue weighted by Gasteiger charge is -2.32. The Bertz CT molecular complexity index is 535. The highest BCUT2D eigenvalue weighted by Gasteiger charge is 2.27. The van der Waals surface area contributed by atoms with Gasteiger partial charge in [0.2, 0.25) is 5.91 Å². The molecule has 128 valence electrons. The number of carbonyl (C=O) groups excluding carboxylic acids is 1. The van der Waals surface area contributed by atoms with Gasteiger partial charge in [-0.25, -0.2) is 4.98 Å². The molecule has 6 nitrogen and oxygen atoms in total. The standard InChI is InChI=1S/C17H27N3O3/c1-4-16-18-7-8-20(16)11-17(21)19-14-12-22-9-6-15(14)23-10-5-13(2)3/h5,7-8,14-15H,4,6,9-12H2,1-3H3,(H,19,21)/t14-,15+/m0/s1. The summed E-state index contributed by atoms with van der Waals surface area (Å²) in [5, 5.41) is 3.04. The molecule has 0 saturated carbocycles. The average Bonchev–Trinajstić information content (AvgIpc) is 2.95. The Hall–Kier alpha value is -1.66. The van der Waals surface area contributed by atoms with Crippen LogP contribution in [0.3, 0.4) is 0 Å². The molecule has 0 bridgehead atoms. The van der Waals surface area contributed by atoms with Gasteiger partial charge in [-0.3, -0.25) is 4.79 Å². The smallest absolute Gasteiger partial charge is 0.240 e. The molecular formula is C17H27N3O3. The number of ether oxygens (including phenoxy) is 2. The third-order valence-electron chi connectivity index (χ3n) is 3.87. The summed E-state index contributed by atoms with van der Waals surface area (Å²) >= 11 is 0. The lowest BCUT2D eigenvalue weighted by molar-refractivity contribution is -0.126. The van der Waals surface area contributed by atoms with Crippen molar-refractivity contribution in [2.24, 2.45) is 0 Å². The highest BCUT2D eigenvalue weighted by molar-refractivity contribution is 5.76. The van der Waals surface area contributed by atoms with E-state index in [1.165, 1.54) is 5.57 Å². The summed E-state index contributed by atoms with van der Waals surface area (Å²) in [4.78, 5) is 16.5. The third-order valence-corrected chi connectivity index (χ3v) is 3.87. The van der Waals surface area contributed by atoms with Crippen molar-refractivity contribution in [1.29, 1.82) is 0 Å². The summed E-state index contributed by atoms with van der Waals surface area (Å²) in [7, 11) is 0. The van der Waals surface area contributed by atoms with E-state index < -0.39 is 0 Å². The molecule has 6 heteroatoms. The predicted molar refractivity (Wildman–Crippen MR) is 88.1 cm³/mol. The van der Waals surface area contributed by atoms with E-state index in [4.69, 9.17) is 9.47 Å². The molecule has 2 rings (SSSR count). The Morgan fingerprint density at radius 2 is 2.39 bits per heavy atom. The van der Waals surface area contributed by atoms with Gasteiger partial charge in [0.25, 0.3) is 0 Å². The van der Waals surface area contributed by atoms with Crippen molar-refractivity contribution in [3.05, 3.63) is 29.9 Å². The van der Waals surface area contributed by atoms with Crippen molar-refractivity contribution in [3.8, 4) is 0 Å². The van der Waals surface area contributed by atoms with Gasteiger partial charge >= 0.3 is 0 Å². The number of aryl methyl sites for hydroxylation is 1. The van der Waals surface area contributed by atoms with Crippen LogP contribution in [-0.4, -0.2) is 47.4 Å². The van der Waals surface area contributed by atoms with Gasteiger partial charge in [-0.1, -0.05) is 18.6 Å². The minimum absolute atomic E-state index is 0.00303. The molecule has 0 radical (unpaired) electrons. The monoisotopic (exact) mass is 321 g/mol. The topological polar surface area (TPSA) is 65.4 Å². The summed E-state index contributed by atoms with van der Waals surface area (Å²) in [6, 6.07) is -0.101. The van der Waals surface area contributed by atoms with Crippen molar-refractivity contribution >= 4 is 5.91 Å². The normalized spacial score (nSPS) is 21.0. The number of allylic oxidation sites excluding steroid dienone is 1. The molecular weight excluding hydrogens is 294 g/mol. The minimum Gasteiger partial charge on any atom is -0.379 e. The lowest BCUT2D eigenvalue weighted by atomic mass is 10.1. The first-order valence-corrected chi connectivity index (χ1v) is 8.22. The highest BCUT2D eigenvalue weighted by Crippen LogP contribution is 2.12. The molecule has 1 aliphatic rings. The van der Waals surface area contributed by atoms with Crippen molar-refractivity contribution in [1.82, 2.24) is 14.9 Å². The van der Waals surface area contributed by atoms with Gasteiger partial charge in [-0.05, 0) is 20.3 Å². The molecule has 1 fully saturated rings. The number of hydrogen-bond acceptors (Lipinski definition) is 4. The van der Waals surface area contributed by atoms with Crippen molar-refractivity contribution in [2.75, 3.05) is 19.8 Å². The van der Waals surface area contributed by atoms with Crippen LogP contribution < -0.4 is 5.32 Å². The fourth-order valence-corrected chi connectivity index (χ4v) is 2.60. The van der Waals surface area contributed by atoms with Crippen LogP contribution in [-0.2, 0) is 27.2 Å². The number of aromatic nitrogens is 2. The molecule has 0 aromatic carbocycles. The Kier molecular flexibility index (Phi) is 6.80. The van der Waals surface area contributed by atoms with E-state index in [9.17, 15) is 4.79 Å². The summed E-state index contributed by atoms with van der Waals surface area (Å²) in [6.07, 6.45) is 7.21. The second-order valence-corrected chi connectivity index (χ2v) is 6.02. The molecule has 2 heterocycles. The molecule has 1 amide bonds. The zero-order chi connectivity index (χ0) is 16.7. The van der Waals surface area contributed by atoms with Crippen LogP contribution >= 0.6 is 0 Å². The summed E-state index contributed by atoms with van der Waals surface area (Å²) < 4.78 is 13.3. The molecule has 1 aromatic rings. The molecule has 0 spiro atoms. The maximum Gasteiger partial charge on any atom is 0.240 e. The van der Waals surface area contributed by atoms with Gasteiger partial charge < -0.3 is 19.4 Å². The van der Waals surface area contributed by atoms with Gasteiger partial charge in [-0.15, -0.1) is 0 Å². The molecule has 1 saturated heterocycles. The lowest BCUT2D eigenvalue weighted by Crippen LogP contribution is -2.51. The van der Waals surface area contributed by atoms with Crippen LogP contribution in [0, 0.1) is 0 Å². The maximum absolute atomic E-state index is 12.3. The van der Waals surface area contributed by atoms with Crippen LogP contribution in [0.4, 0.5) is 0 Å². The second kappa shape index (κ2) is 8.84. The summed E-state index contributed by atoms with van der Waals surface area (Å²) in [5.41, 5.74) is 1.23. The summed E-state index contributed by atoms with van der Waals surface area (Å²) in [6.45, 7) is 8.13. The molecule has 1 aromatic heterocycles. The first-order valence-electron chi connectivity index (χ1n) is 8.22. The Balaban J connectivity index is 1.87. The van der Waals surface area contributed by atoms with Gasteiger partial charge in [0.15, 0.2) is 0 Å². The number of nitrogens with zero attached hydrogens (tertiary/aromatic N) is 2. The molecule has 0 aliphatic carbocycles. The Labute approximate surface area is 137 Å². The van der Waals surface area contributed by atoms with E-state index in [0.29, 0.717) is 19.8 Å². The number of amides is 1. The second-order valence-electron chi connectivity index (χ2n) is 6.02. The fourth-order valence-electron chi connectivity index (χ4n) is 2.60. The summed E-state index contributed by atoms with van der Waals surface area (Å²) in [5.74, 6) is 0.875. The van der Waals surface area contributed by atoms with Gasteiger partial charge in [0, 0.05) is 25.4 Å². The maximum atomic E-state index is 12.3. The number of hydrogen-bond donors (Lipinski definition) is 1. The number of imidazole rings is 1. The molecule has 1 N–H and O–H groups in total. The van der Waals surface area contributed by atoms with Crippen molar-refractivity contribution in [3.63, 3.8) is 0 Å². The van der Waals surface area contributed by atoms with Crippen molar-refractivity contribution in [2.45, 2.75) is 52.3 Å². The molecule has 23 heavy (non-hydrogen) atoms. The van der Waals surface area contributed by atoms with E-state index in [1.54, 1.807) is 6.20 Å². The van der Waals surface area contributed by atoms with Gasteiger partial charge in [-0.2, -0.15) is 0 Å². The van der Waals surface area contributed by atoms with E-state index in [1.807, 2.05) is 37.6 Å². The number of nitrogens with one attached hydrogen (secondary N) is 1. The van der Waals surface area contributed by atoms with Crippen LogP contribution in [0.2, 0.25) is 0 Å². The third kappa shape index (κ3) is 5.48. The SMILES string of the molecule is CCc1nccn1CC(=O)N[C@H]1COCC[C@H]1OCC=C(C)C. The first-order chi connectivity index (χ1) is 11.1. The van der Waals surface area contributed by atoms with E-state index in [2.05, 4.69) is 10.3 Å². The van der Waals surface area contributed by atoms with E-state index in [-0.39, 0.29) is 24.6 Å². The van der Waals surface area contributed by atoms with E-state index in [0.717, 1.165) is 18.7 Å².